The van der Waals surface area contributed by atoms with Gasteiger partial charge in [0, 0.05) is 17.9 Å². The van der Waals surface area contributed by atoms with E-state index in [2.05, 4.69) is 5.32 Å². The predicted molar refractivity (Wildman–Crippen MR) is 87.7 cm³/mol. The zero-order valence-corrected chi connectivity index (χ0v) is 13.8. The molecule has 126 valence electrons. The van der Waals surface area contributed by atoms with Crippen LogP contribution >= 0.6 is 11.3 Å². The summed E-state index contributed by atoms with van der Waals surface area (Å²) >= 11 is 1.28. The topological polar surface area (TPSA) is 75.6 Å². The van der Waals surface area contributed by atoms with E-state index in [1.807, 2.05) is 6.92 Å². The van der Waals surface area contributed by atoms with Crippen LogP contribution in [0.4, 0.5) is 4.39 Å². The average Bonchev–Trinajstić information content (AvgIpc) is 3.16. The molecule has 0 bridgehead atoms. The van der Waals surface area contributed by atoms with Gasteiger partial charge in [-0.1, -0.05) is 12.1 Å². The fourth-order valence-corrected chi connectivity index (χ4v) is 3.61. The van der Waals surface area contributed by atoms with Gasteiger partial charge in [-0.25, -0.2) is 9.18 Å². The number of aliphatic carboxylic acids is 1. The van der Waals surface area contributed by atoms with Crippen LogP contribution in [0.25, 0.3) is 11.1 Å². The number of hydrogen-bond donors (Lipinski definition) is 2. The van der Waals surface area contributed by atoms with Crippen LogP contribution in [0.15, 0.2) is 30.3 Å². The first-order valence-corrected chi connectivity index (χ1v) is 8.23. The second-order valence-corrected chi connectivity index (χ2v) is 6.99. The van der Waals surface area contributed by atoms with Crippen molar-refractivity contribution in [1.82, 2.24) is 5.32 Å². The lowest BCUT2D eigenvalue weighted by atomic mass is 9.99. The minimum atomic E-state index is -1.37. The van der Waals surface area contributed by atoms with E-state index >= 15 is 0 Å². The summed E-state index contributed by atoms with van der Waals surface area (Å²) in [7, 11) is 0. The number of carbonyl (C=O) groups excluding carboxylic acids is 1. The minimum absolute atomic E-state index is 0.0384. The van der Waals surface area contributed by atoms with Gasteiger partial charge in [0.15, 0.2) is 5.54 Å². The lowest BCUT2D eigenvalue weighted by molar-refractivity contribution is -0.144. The molecule has 1 amide bonds. The van der Waals surface area contributed by atoms with Gasteiger partial charge in [0.1, 0.15) is 5.82 Å². The first-order valence-electron chi connectivity index (χ1n) is 7.41. The van der Waals surface area contributed by atoms with E-state index < -0.39 is 17.4 Å². The smallest absolute Gasteiger partial charge is 0.331 e. The number of carboxylic acids is 1. The fraction of sp³-hybridized carbons (Fsp3) is 0.294. The van der Waals surface area contributed by atoms with E-state index in [9.17, 15) is 19.1 Å². The molecule has 7 heteroatoms. The number of halogens is 1. The van der Waals surface area contributed by atoms with Gasteiger partial charge in [-0.15, -0.1) is 11.3 Å². The van der Waals surface area contributed by atoms with Gasteiger partial charge in [-0.2, -0.15) is 0 Å². The second-order valence-electron chi connectivity index (χ2n) is 5.73. The molecule has 1 fully saturated rings. The van der Waals surface area contributed by atoms with Crippen LogP contribution in [-0.2, 0) is 9.53 Å². The Morgan fingerprint density at radius 2 is 2.04 bits per heavy atom. The zero-order valence-electron chi connectivity index (χ0n) is 13.0. The SMILES string of the molecule is Cc1sc(C(=O)NC2(C(=O)O)CCOC2)cc1-c1ccc(F)cc1. The number of aryl methyl sites for hydroxylation is 1. The number of carboxylic acid groups (broad SMARTS) is 1. The van der Waals surface area contributed by atoms with Crippen molar-refractivity contribution in [2.45, 2.75) is 18.9 Å². The monoisotopic (exact) mass is 349 g/mol. The van der Waals surface area contributed by atoms with Crippen LogP contribution in [0.5, 0.6) is 0 Å². The Hall–Kier alpha value is -2.25. The zero-order chi connectivity index (χ0) is 17.3. The summed E-state index contributed by atoms with van der Waals surface area (Å²) in [5.41, 5.74) is 0.268. The molecule has 2 N–H and O–H groups in total. The van der Waals surface area contributed by atoms with Crippen molar-refractivity contribution in [3.63, 3.8) is 0 Å². The first kappa shape index (κ1) is 16.6. The number of rotatable bonds is 4. The van der Waals surface area contributed by atoms with E-state index in [4.69, 9.17) is 4.74 Å². The van der Waals surface area contributed by atoms with Gasteiger partial charge in [0.25, 0.3) is 5.91 Å². The number of ether oxygens (including phenoxy) is 1. The molecular weight excluding hydrogens is 333 g/mol. The molecule has 2 aromatic rings. The summed E-state index contributed by atoms with van der Waals surface area (Å²) in [6.07, 6.45) is 0.239. The van der Waals surface area contributed by atoms with Crippen molar-refractivity contribution >= 4 is 23.2 Å². The lowest BCUT2D eigenvalue weighted by Gasteiger charge is -2.23. The Labute approximate surface area is 142 Å². The normalized spacial score (nSPS) is 20.1. The molecule has 3 rings (SSSR count). The molecule has 0 saturated carbocycles. The predicted octanol–water partition coefficient (Wildman–Crippen LogP) is 2.84. The number of nitrogens with one attached hydrogen (secondary N) is 1. The third kappa shape index (κ3) is 3.05. The summed E-state index contributed by atoms with van der Waals surface area (Å²) in [5, 5.41) is 12.0. The third-order valence-electron chi connectivity index (χ3n) is 4.08. The van der Waals surface area contributed by atoms with E-state index in [1.165, 1.54) is 23.5 Å². The quantitative estimate of drug-likeness (QED) is 0.890. The molecule has 1 aliphatic rings. The standard InChI is InChI=1S/C17H16FNO4S/c1-10-13(11-2-4-12(18)5-3-11)8-14(24-10)15(20)19-17(16(21)22)6-7-23-9-17/h2-5,8H,6-7,9H2,1H3,(H,19,20)(H,21,22). The highest BCUT2D eigenvalue weighted by Gasteiger charge is 2.44. The van der Waals surface area contributed by atoms with Crippen molar-refractivity contribution < 1.29 is 23.8 Å². The summed E-state index contributed by atoms with van der Waals surface area (Å²) in [6, 6.07) is 7.72. The van der Waals surface area contributed by atoms with Crippen molar-refractivity contribution in [3.8, 4) is 11.1 Å². The molecule has 24 heavy (non-hydrogen) atoms. The molecule has 1 aromatic carbocycles. The van der Waals surface area contributed by atoms with Gasteiger partial charge in [-0.05, 0) is 36.2 Å². The van der Waals surface area contributed by atoms with Crippen LogP contribution in [0.3, 0.4) is 0 Å². The first-order chi connectivity index (χ1) is 11.4. The van der Waals surface area contributed by atoms with Gasteiger partial charge < -0.3 is 15.2 Å². The number of carbonyl (C=O) groups is 2. The van der Waals surface area contributed by atoms with E-state index in [0.29, 0.717) is 11.5 Å². The largest absolute Gasteiger partial charge is 0.479 e. The molecule has 0 aliphatic carbocycles. The van der Waals surface area contributed by atoms with Gasteiger partial charge in [0.2, 0.25) is 0 Å². The molecule has 0 spiro atoms. The van der Waals surface area contributed by atoms with E-state index in [-0.39, 0.29) is 18.8 Å². The van der Waals surface area contributed by atoms with Crippen molar-refractivity contribution in [3.05, 3.63) is 45.9 Å². The maximum atomic E-state index is 13.1. The Morgan fingerprint density at radius 3 is 2.62 bits per heavy atom. The number of thiophene rings is 1. The minimum Gasteiger partial charge on any atom is -0.479 e. The maximum absolute atomic E-state index is 13.1. The fourth-order valence-electron chi connectivity index (χ4n) is 2.67. The summed E-state index contributed by atoms with van der Waals surface area (Å²) < 4.78 is 18.2. The third-order valence-corrected chi connectivity index (χ3v) is 5.13. The Kier molecular flexibility index (Phi) is 4.38. The molecule has 0 radical (unpaired) electrons. The van der Waals surface area contributed by atoms with E-state index in [0.717, 1.165) is 16.0 Å². The van der Waals surface area contributed by atoms with Crippen LogP contribution in [-0.4, -0.2) is 35.7 Å². The van der Waals surface area contributed by atoms with Gasteiger partial charge >= 0.3 is 5.97 Å². The van der Waals surface area contributed by atoms with Gasteiger partial charge in [-0.3, -0.25) is 4.79 Å². The number of hydrogen-bond acceptors (Lipinski definition) is 4. The summed E-state index contributed by atoms with van der Waals surface area (Å²) in [5.74, 6) is -1.86. The number of benzene rings is 1. The molecule has 2 heterocycles. The van der Waals surface area contributed by atoms with Crippen molar-refractivity contribution in [2.24, 2.45) is 0 Å². The molecule has 1 aliphatic heterocycles. The number of amides is 1. The highest BCUT2D eigenvalue weighted by atomic mass is 32.1. The second kappa shape index (κ2) is 6.33. The molecule has 1 saturated heterocycles. The molecule has 1 atom stereocenters. The summed E-state index contributed by atoms with van der Waals surface area (Å²) in [6.45, 7) is 2.13. The van der Waals surface area contributed by atoms with Gasteiger partial charge in [0.05, 0.1) is 11.5 Å². The molecular formula is C17H16FNO4S. The van der Waals surface area contributed by atoms with Crippen LogP contribution in [0.2, 0.25) is 0 Å². The Bertz CT molecular complexity index is 778. The highest BCUT2D eigenvalue weighted by Crippen LogP contribution is 2.31. The van der Waals surface area contributed by atoms with E-state index in [1.54, 1.807) is 18.2 Å². The molecule has 1 aromatic heterocycles. The lowest BCUT2D eigenvalue weighted by Crippen LogP contribution is -2.55. The summed E-state index contributed by atoms with van der Waals surface area (Å²) in [4.78, 5) is 25.3. The Balaban J connectivity index is 1.85. The molecule has 5 nitrogen and oxygen atoms in total. The van der Waals surface area contributed by atoms with Crippen LogP contribution < -0.4 is 5.32 Å². The Morgan fingerprint density at radius 1 is 1.33 bits per heavy atom. The maximum Gasteiger partial charge on any atom is 0.331 e. The molecule has 1 unspecified atom stereocenters. The van der Waals surface area contributed by atoms with Crippen molar-refractivity contribution in [2.75, 3.05) is 13.2 Å². The highest BCUT2D eigenvalue weighted by molar-refractivity contribution is 7.14. The van der Waals surface area contributed by atoms with Crippen molar-refractivity contribution in [1.29, 1.82) is 0 Å². The average molecular weight is 349 g/mol. The van der Waals surface area contributed by atoms with Crippen LogP contribution in [0, 0.1) is 12.7 Å². The van der Waals surface area contributed by atoms with Crippen LogP contribution in [0.1, 0.15) is 21.0 Å².